The standard InChI is InChI=1S/C13H20.C2H6/c1-9(2)12-6-7-13(10(3)4)11(5)8-12;1-2/h6-10H,1-5H3;1-2H3. The Labute approximate surface area is 95.7 Å². The van der Waals surface area contributed by atoms with E-state index in [9.17, 15) is 0 Å². The third-order valence-electron chi connectivity index (χ3n) is 2.58. The molecule has 1 aromatic rings. The van der Waals surface area contributed by atoms with Crippen molar-refractivity contribution in [2.24, 2.45) is 0 Å². The molecule has 0 nitrogen and oxygen atoms in total. The molecule has 86 valence electrons. The summed E-state index contributed by atoms with van der Waals surface area (Å²) in [5, 5.41) is 0. The minimum atomic E-state index is 0.639. The highest BCUT2D eigenvalue weighted by atomic mass is 14.1. The molecular weight excluding hydrogens is 180 g/mol. The van der Waals surface area contributed by atoms with Crippen LogP contribution in [0.1, 0.15) is 70.1 Å². The lowest BCUT2D eigenvalue weighted by atomic mass is 9.93. The first-order valence-electron chi connectivity index (χ1n) is 6.12. The smallest absolute Gasteiger partial charge is 0.0216 e. The molecule has 0 bridgehead atoms. The zero-order valence-electron chi connectivity index (χ0n) is 11.4. The molecule has 1 rings (SSSR count). The summed E-state index contributed by atoms with van der Waals surface area (Å²) in [5.41, 5.74) is 4.35. The maximum Gasteiger partial charge on any atom is -0.0216 e. The van der Waals surface area contributed by atoms with Gasteiger partial charge in [-0.3, -0.25) is 0 Å². The summed E-state index contributed by atoms with van der Waals surface area (Å²) < 4.78 is 0. The summed E-state index contributed by atoms with van der Waals surface area (Å²) in [4.78, 5) is 0. The van der Waals surface area contributed by atoms with Gasteiger partial charge in [0, 0.05) is 0 Å². The van der Waals surface area contributed by atoms with Crippen molar-refractivity contribution in [1.82, 2.24) is 0 Å². The fourth-order valence-electron chi connectivity index (χ4n) is 1.71. The van der Waals surface area contributed by atoms with Crippen LogP contribution in [0.3, 0.4) is 0 Å². The van der Waals surface area contributed by atoms with Crippen LogP contribution in [-0.4, -0.2) is 0 Å². The van der Waals surface area contributed by atoms with E-state index in [0.717, 1.165) is 0 Å². The predicted octanol–water partition coefficient (Wildman–Crippen LogP) is 5.27. The fourth-order valence-corrected chi connectivity index (χ4v) is 1.71. The third kappa shape index (κ3) is 4.07. The van der Waals surface area contributed by atoms with E-state index in [1.54, 1.807) is 0 Å². The van der Waals surface area contributed by atoms with Gasteiger partial charge < -0.3 is 0 Å². The van der Waals surface area contributed by atoms with Crippen LogP contribution >= 0.6 is 0 Å². The monoisotopic (exact) mass is 206 g/mol. The van der Waals surface area contributed by atoms with Gasteiger partial charge in [0.15, 0.2) is 0 Å². The molecule has 0 radical (unpaired) electrons. The molecule has 15 heavy (non-hydrogen) atoms. The van der Waals surface area contributed by atoms with Crippen LogP contribution in [0.25, 0.3) is 0 Å². The van der Waals surface area contributed by atoms with Crippen molar-refractivity contribution in [3.8, 4) is 0 Å². The van der Waals surface area contributed by atoms with Crippen molar-refractivity contribution in [3.63, 3.8) is 0 Å². The van der Waals surface area contributed by atoms with Gasteiger partial charge in [0.2, 0.25) is 0 Å². The molecule has 0 heterocycles. The highest BCUT2D eigenvalue weighted by Gasteiger charge is 2.05. The summed E-state index contributed by atoms with van der Waals surface area (Å²) in [7, 11) is 0. The van der Waals surface area contributed by atoms with Gasteiger partial charge in [0.1, 0.15) is 0 Å². The Hall–Kier alpha value is -0.780. The zero-order valence-corrected chi connectivity index (χ0v) is 11.4. The molecule has 0 heteroatoms. The van der Waals surface area contributed by atoms with Gasteiger partial charge >= 0.3 is 0 Å². The van der Waals surface area contributed by atoms with E-state index >= 15 is 0 Å². The van der Waals surface area contributed by atoms with Gasteiger partial charge in [-0.1, -0.05) is 59.7 Å². The van der Waals surface area contributed by atoms with Crippen molar-refractivity contribution >= 4 is 0 Å². The molecule has 0 aliphatic carbocycles. The Morgan fingerprint density at radius 1 is 0.867 bits per heavy atom. The summed E-state index contributed by atoms with van der Waals surface area (Å²) >= 11 is 0. The zero-order chi connectivity index (χ0) is 12.0. The highest BCUT2D eigenvalue weighted by molar-refractivity contribution is 5.34. The van der Waals surface area contributed by atoms with E-state index in [0.29, 0.717) is 11.8 Å². The number of aryl methyl sites for hydroxylation is 1. The van der Waals surface area contributed by atoms with Gasteiger partial charge in [-0.15, -0.1) is 0 Å². The second kappa shape index (κ2) is 6.66. The van der Waals surface area contributed by atoms with Crippen LogP contribution in [0.4, 0.5) is 0 Å². The van der Waals surface area contributed by atoms with Crippen molar-refractivity contribution in [3.05, 3.63) is 34.9 Å². The second-order valence-corrected chi connectivity index (χ2v) is 4.43. The lowest BCUT2D eigenvalue weighted by Gasteiger charge is -2.13. The number of benzene rings is 1. The first-order valence-corrected chi connectivity index (χ1v) is 6.12. The van der Waals surface area contributed by atoms with Crippen LogP contribution in [0.2, 0.25) is 0 Å². The van der Waals surface area contributed by atoms with Crippen molar-refractivity contribution in [1.29, 1.82) is 0 Å². The molecule has 0 saturated heterocycles. The molecule has 0 aliphatic rings. The Morgan fingerprint density at radius 2 is 1.40 bits per heavy atom. The average molecular weight is 206 g/mol. The maximum atomic E-state index is 2.32. The van der Waals surface area contributed by atoms with E-state index in [1.807, 2.05) is 13.8 Å². The summed E-state index contributed by atoms with van der Waals surface area (Å²) in [5.74, 6) is 1.28. The molecule has 1 aromatic carbocycles. The highest BCUT2D eigenvalue weighted by Crippen LogP contribution is 2.23. The lowest BCUT2D eigenvalue weighted by Crippen LogP contribution is -1.95. The van der Waals surface area contributed by atoms with Crippen molar-refractivity contribution in [2.45, 2.75) is 60.3 Å². The summed E-state index contributed by atoms with van der Waals surface area (Å²) in [6.07, 6.45) is 0. The normalized spacial score (nSPS) is 10.2. The summed E-state index contributed by atoms with van der Waals surface area (Å²) in [6.45, 7) is 15.2. The second-order valence-electron chi connectivity index (χ2n) is 4.43. The summed E-state index contributed by atoms with van der Waals surface area (Å²) in [6, 6.07) is 6.85. The Morgan fingerprint density at radius 3 is 1.73 bits per heavy atom. The molecule has 0 N–H and O–H groups in total. The fraction of sp³-hybridized carbons (Fsp3) is 0.600. The van der Waals surface area contributed by atoms with E-state index in [2.05, 4.69) is 52.8 Å². The van der Waals surface area contributed by atoms with E-state index in [4.69, 9.17) is 0 Å². The predicted molar refractivity (Wildman–Crippen MR) is 70.7 cm³/mol. The van der Waals surface area contributed by atoms with Crippen molar-refractivity contribution in [2.75, 3.05) is 0 Å². The van der Waals surface area contributed by atoms with Gasteiger partial charge in [-0.05, 0) is 35.4 Å². The van der Waals surface area contributed by atoms with E-state index in [1.165, 1.54) is 16.7 Å². The minimum Gasteiger partial charge on any atom is -0.0683 e. The molecule has 0 saturated carbocycles. The van der Waals surface area contributed by atoms with Gasteiger partial charge in [0.05, 0.1) is 0 Å². The quantitative estimate of drug-likeness (QED) is 0.618. The first kappa shape index (κ1) is 14.2. The SMILES string of the molecule is CC.Cc1cc(C(C)C)ccc1C(C)C. The Kier molecular flexibility index (Phi) is 6.31. The number of hydrogen-bond donors (Lipinski definition) is 0. The first-order chi connectivity index (χ1) is 7.02. The number of rotatable bonds is 2. The van der Waals surface area contributed by atoms with Gasteiger partial charge in [-0.2, -0.15) is 0 Å². The molecular formula is C15H26. The van der Waals surface area contributed by atoms with Crippen LogP contribution in [0.15, 0.2) is 18.2 Å². The minimum absolute atomic E-state index is 0.639. The molecule has 0 unspecified atom stereocenters. The van der Waals surface area contributed by atoms with Crippen LogP contribution in [0, 0.1) is 6.92 Å². The van der Waals surface area contributed by atoms with E-state index in [-0.39, 0.29) is 0 Å². The van der Waals surface area contributed by atoms with Crippen LogP contribution < -0.4 is 0 Å². The number of hydrogen-bond acceptors (Lipinski definition) is 0. The topological polar surface area (TPSA) is 0 Å². The van der Waals surface area contributed by atoms with Gasteiger partial charge in [0.25, 0.3) is 0 Å². The lowest BCUT2D eigenvalue weighted by molar-refractivity contribution is 0.835. The van der Waals surface area contributed by atoms with Gasteiger partial charge in [-0.25, -0.2) is 0 Å². The molecule has 0 amide bonds. The van der Waals surface area contributed by atoms with Crippen LogP contribution in [0.5, 0.6) is 0 Å². The molecule has 0 aliphatic heterocycles. The van der Waals surface area contributed by atoms with Crippen LogP contribution in [-0.2, 0) is 0 Å². The van der Waals surface area contributed by atoms with Crippen molar-refractivity contribution < 1.29 is 0 Å². The molecule has 0 fully saturated rings. The Bertz CT molecular complexity index is 282. The molecule has 0 spiro atoms. The Balaban J connectivity index is 0.000000921. The third-order valence-corrected chi connectivity index (χ3v) is 2.58. The largest absolute Gasteiger partial charge is 0.0683 e. The average Bonchev–Trinajstić information content (AvgIpc) is 2.20. The molecule has 0 atom stereocenters. The van der Waals surface area contributed by atoms with E-state index < -0.39 is 0 Å². The maximum absolute atomic E-state index is 2.32. The molecule has 0 aromatic heterocycles.